The Morgan fingerprint density at radius 2 is 2.09 bits per heavy atom. The van der Waals surface area contributed by atoms with Crippen LogP contribution in [0.1, 0.15) is 32.3 Å². The normalized spacial score (nSPS) is 22.6. The van der Waals surface area contributed by atoms with Crippen molar-refractivity contribution in [3.8, 4) is 0 Å². The first-order valence-electron chi connectivity index (χ1n) is 12.3. The summed E-state index contributed by atoms with van der Waals surface area (Å²) in [4.78, 5) is 12.3. The van der Waals surface area contributed by atoms with Crippen LogP contribution in [0.15, 0.2) is 30.1 Å². The minimum Gasteiger partial charge on any atom is -0.401 e. The maximum atomic E-state index is 12.1. The second kappa shape index (κ2) is 9.75. The first-order chi connectivity index (χ1) is 16.8. The summed E-state index contributed by atoms with van der Waals surface area (Å²) < 4.78 is 20.0. The fourth-order valence-electron chi connectivity index (χ4n) is 5.38. The van der Waals surface area contributed by atoms with Gasteiger partial charge in [0.2, 0.25) is 0 Å². The number of hydrogen-bond acceptors (Lipinski definition) is 8. The van der Waals surface area contributed by atoms with Crippen molar-refractivity contribution >= 4 is 44.4 Å². The Morgan fingerprint density at radius 3 is 2.77 bits per heavy atom. The number of allylic oxidation sites excluding steroid dienone is 1. The summed E-state index contributed by atoms with van der Waals surface area (Å²) in [5.41, 5.74) is 11.3. The average Bonchev–Trinajstić information content (AvgIpc) is 3.11. The summed E-state index contributed by atoms with van der Waals surface area (Å²) in [6, 6.07) is 6.52. The number of nitrogens with zero attached hydrogens (tertiary/aromatic N) is 5. The molecule has 0 amide bonds. The van der Waals surface area contributed by atoms with E-state index in [2.05, 4.69) is 34.6 Å². The molecule has 2 saturated heterocycles. The van der Waals surface area contributed by atoms with Crippen molar-refractivity contribution in [3.05, 3.63) is 35.7 Å². The lowest BCUT2D eigenvalue weighted by atomic mass is 10.0. The summed E-state index contributed by atoms with van der Waals surface area (Å²) >= 11 is 0. The number of rotatable bonds is 5. The van der Waals surface area contributed by atoms with Gasteiger partial charge in [0.05, 0.1) is 16.7 Å². The van der Waals surface area contributed by atoms with E-state index in [1.54, 1.807) is 12.1 Å². The molecule has 3 aromatic rings. The molecule has 188 valence electrons. The summed E-state index contributed by atoms with van der Waals surface area (Å²) in [7, 11) is 1.03. The zero-order chi connectivity index (χ0) is 24.7. The van der Waals surface area contributed by atoms with Gasteiger partial charge in [-0.3, -0.25) is 9.19 Å². The van der Waals surface area contributed by atoms with Crippen LogP contribution in [0, 0.1) is 5.92 Å². The Bertz CT molecular complexity index is 1290. The van der Waals surface area contributed by atoms with Crippen LogP contribution in [0.25, 0.3) is 27.8 Å². The van der Waals surface area contributed by atoms with Crippen molar-refractivity contribution < 1.29 is 8.95 Å². The highest BCUT2D eigenvalue weighted by molar-refractivity contribution is 7.85. The summed E-state index contributed by atoms with van der Waals surface area (Å²) in [6.45, 7) is 7.17. The van der Waals surface area contributed by atoms with Crippen LogP contribution >= 0.6 is 0 Å². The number of pyridine rings is 2. The molecule has 0 aliphatic carbocycles. The molecule has 5 rings (SSSR count). The van der Waals surface area contributed by atoms with Gasteiger partial charge in [0.15, 0.2) is 0 Å². The molecule has 5 heterocycles. The van der Waals surface area contributed by atoms with E-state index < -0.39 is 10.8 Å². The smallest absolute Gasteiger partial charge is 0.145 e. The zero-order valence-corrected chi connectivity index (χ0v) is 21.6. The predicted molar refractivity (Wildman–Crippen MR) is 142 cm³/mol. The third kappa shape index (κ3) is 4.62. The van der Waals surface area contributed by atoms with Crippen molar-refractivity contribution in [1.82, 2.24) is 19.5 Å². The van der Waals surface area contributed by atoms with Gasteiger partial charge in [-0.25, -0.2) is 10.8 Å². The van der Waals surface area contributed by atoms with Crippen LogP contribution in [0.5, 0.6) is 0 Å². The molecule has 3 aromatic heterocycles. The van der Waals surface area contributed by atoms with Crippen molar-refractivity contribution in [1.29, 1.82) is 0 Å². The third-order valence-corrected chi connectivity index (χ3v) is 8.62. The van der Waals surface area contributed by atoms with Crippen molar-refractivity contribution in [3.63, 3.8) is 0 Å². The van der Waals surface area contributed by atoms with E-state index in [4.69, 9.17) is 26.3 Å². The van der Waals surface area contributed by atoms with Crippen LogP contribution in [0.2, 0.25) is 0 Å². The van der Waals surface area contributed by atoms with Crippen LogP contribution in [0.4, 0.5) is 5.82 Å². The standard InChI is InChI=1S/C25H35N7O2S/c1-16-15-35(33)11-8-31(16)22-5-4-20-23-21(12-19(13-28-23)24(17(2)26)30(3)27)32(25(20)29-22)14-18-6-9-34-10-7-18/h4-5,12-13,16,18H,6-11,14-15,26-27H2,1-3H3/b24-17-. The number of hydrogen-bond donors (Lipinski definition) is 2. The topological polar surface area (TPSA) is 116 Å². The van der Waals surface area contributed by atoms with Crippen molar-refractivity contribution in [2.75, 3.05) is 43.2 Å². The molecule has 10 heteroatoms. The van der Waals surface area contributed by atoms with E-state index in [9.17, 15) is 4.21 Å². The number of aromatic nitrogens is 3. The van der Waals surface area contributed by atoms with Gasteiger partial charge in [-0.1, -0.05) is 0 Å². The van der Waals surface area contributed by atoms with Crippen LogP contribution in [0.3, 0.4) is 0 Å². The lowest BCUT2D eigenvalue weighted by molar-refractivity contribution is 0.0619. The number of nitrogens with two attached hydrogens (primary N) is 2. The summed E-state index contributed by atoms with van der Waals surface area (Å²) in [6.07, 6.45) is 3.90. The summed E-state index contributed by atoms with van der Waals surface area (Å²) in [5, 5.41) is 2.58. The molecule has 0 bridgehead atoms. The quantitative estimate of drug-likeness (QED) is 0.408. The van der Waals surface area contributed by atoms with Crippen molar-refractivity contribution in [2.45, 2.75) is 39.3 Å². The fraction of sp³-hybridized carbons (Fsp3) is 0.520. The molecular formula is C25H35N7O2S. The lowest BCUT2D eigenvalue weighted by Gasteiger charge is -2.34. The molecule has 35 heavy (non-hydrogen) atoms. The summed E-state index contributed by atoms with van der Waals surface area (Å²) in [5.74, 6) is 8.91. The zero-order valence-electron chi connectivity index (χ0n) is 20.7. The highest BCUT2D eigenvalue weighted by Crippen LogP contribution is 2.33. The Hall–Kier alpha value is -2.69. The monoisotopic (exact) mass is 497 g/mol. The number of fused-ring (bicyclic) bond motifs is 3. The molecule has 2 atom stereocenters. The molecule has 2 fully saturated rings. The molecule has 0 radical (unpaired) electrons. The van der Waals surface area contributed by atoms with Gasteiger partial charge in [0.1, 0.15) is 11.5 Å². The molecule has 0 spiro atoms. The SMILES string of the molecule is C/C(N)=C(\c1cnc2c3ccc(N4CCS(=O)CC4C)nc3n(CC3CCOCC3)c2c1)N(C)N. The molecule has 2 unspecified atom stereocenters. The highest BCUT2D eigenvalue weighted by Gasteiger charge is 2.26. The maximum absolute atomic E-state index is 12.1. The van der Waals surface area contributed by atoms with E-state index in [0.29, 0.717) is 23.1 Å². The van der Waals surface area contributed by atoms with E-state index >= 15 is 0 Å². The van der Waals surface area contributed by atoms with Crippen LogP contribution < -0.4 is 16.5 Å². The van der Waals surface area contributed by atoms with Crippen LogP contribution in [-0.4, -0.2) is 68.1 Å². The molecular weight excluding hydrogens is 462 g/mol. The van der Waals surface area contributed by atoms with Crippen LogP contribution in [-0.2, 0) is 22.1 Å². The second-order valence-electron chi connectivity index (χ2n) is 9.79. The Labute approximate surface area is 208 Å². The van der Waals surface area contributed by atoms with Gasteiger partial charge in [-0.2, -0.15) is 0 Å². The van der Waals surface area contributed by atoms with Gasteiger partial charge in [0, 0.05) is 84.5 Å². The molecule has 0 aromatic carbocycles. The van der Waals surface area contributed by atoms with Gasteiger partial charge >= 0.3 is 0 Å². The highest BCUT2D eigenvalue weighted by atomic mass is 32.2. The van der Waals surface area contributed by atoms with E-state index in [-0.39, 0.29) is 6.04 Å². The first kappa shape index (κ1) is 24.0. The fourth-order valence-corrected chi connectivity index (χ4v) is 6.67. The van der Waals surface area contributed by atoms with Crippen molar-refractivity contribution in [2.24, 2.45) is 17.5 Å². The Balaban J connectivity index is 1.67. The van der Waals surface area contributed by atoms with Gasteiger partial charge < -0.3 is 24.9 Å². The average molecular weight is 498 g/mol. The number of ether oxygens (including phenoxy) is 1. The lowest BCUT2D eigenvalue weighted by Crippen LogP contribution is -2.45. The van der Waals surface area contributed by atoms with E-state index in [1.165, 1.54) is 0 Å². The molecule has 0 saturated carbocycles. The second-order valence-corrected chi connectivity index (χ2v) is 11.4. The number of hydrazine groups is 1. The largest absolute Gasteiger partial charge is 0.401 e. The molecule has 4 N–H and O–H groups in total. The van der Waals surface area contributed by atoms with Gasteiger partial charge in [-0.15, -0.1) is 0 Å². The van der Waals surface area contributed by atoms with Gasteiger partial charge in [-0.05, 0) is 50.8 Å². The Kier molecular flexibility index (Phi) is 6.69. The Morgan fingerprint density at radius 1 is 1.31 bits per heavy atom. The molecule has 2 aliphatic rings. The molecule has 2 aliphatic heterocycles. The third-order valence-electron chi connectivity index (χ3n) is 7.12. The first-order valence-corrected chi connectivity index (χ1v) is 13.8. The van der Waals surface area contributed by atoms with E-state index in [1.807, 2.05) is 13.1 Å². The van der Waals surface area contributed by atoms with E-state index in [0.717, 1.165) is 78.3 Å². The van der Waals surface area contributed by atoms with Gasteiger partial charge in [0.25, 0.3) is 0 Å². The number of anilines is 1. The molecule has 9 nitrogen and oxygen atoms in total. The minimum atomic E-state index is -0.754. The predicted octanol–water partition coefficient (Wildman–Crippen LogP) is 2.42. The minimum absolute atomic E-state index is 0.188. The maximum Gasteiger partial charge on any atom is 0.145 e.